The van der Waals surface area contributed by atoms with Crippen molar-refractivity contribution < 1.29 is 4.74 Å². The Bertz CT molecular complexity index is 204. The summed E-state index contributed by atoms with van der Waals surface area (Å²) in [6.07, 6.45) is 4.07. The Morgan fingerprint density at radius 2 is 2.20 bits per heavy atom. The highest BCUT2D eigenvalue weighted by atomic mass is 16.5. The minimum atomic E-state index is 0.401. The fraction of sp³-hybridized carbons (Fsp3) is 1.00. The highest BCUT2D eigenvalue weighted by molar-refractivity contribution is 4.86. The van der Waals surface area contributed by atoms with E-state index in [9.17, 15) is 0 Å². The van der Waals surface area contributed by atoms with E-state index in [1.54, 1.807) is 0 Å². The number of hydrogen-bond donors (Lipinski definition) is 1. The lowest BCUT2D eigenvalue weighted by Crippen LogP contribution is -2.51. The third-order valence-electron chi connectivity index (χ3n) is 4.08. The molecule has 0 saturated carbocycles. The first-order valence-corrected chi connectivity index (χ1v) is 6.29. The van der Waals surface area contributed by atoms with Crippen LogP contribution in [0.15, 0.2) is 0 Å². The molecule has 2 aliphatic rings. The van der Waals surface area contributed by atoms with Crippen molar-refractivity contribution in [2.75, 3.05) is 19.7 Å². The topological polar surface area (TPSA) is 38.5 Å². The molecule has 0 amide bonds. The van der Waals surface area contributed by atoms with Gasteiger partial charge in [0.15, 0.2) is 0 Å². The largest absolute Gasteiger partial charge is 0.377 e. The lowest BCUT2D eigenvalue weighted by molar-refractivity contribution is 0.0122. The molecule has 2 rings (SSSR count). The fourth-order valence-corrected chi connectivity index (χ4v) is 2.78. The lowest BCUT2D eigenvalue weighted by atomic mass is 9.93. The van der Waals surface area contributed by atoms with Crippen molar-refractivity contribution >= 4 is 0 Å². The van der Waals surface area contributed by atoms with Crippen LogP contribution in [0.25, 0.3) is 0 Å². The summed E-state index contributed by atoms with van der Waals surface area (Å²) in [4.78, 5) is 2.56. The van der Waals surface area contributed by atoms with E-state index < -0.39 is 0 Å². The smallest absolute Gasteiger partial charge is 0.0728 e. The van der Waals surface area contributed by atoms with E-state index in [1.807, 2.05) is 0 Å². The van der Waals surface area contributed by atoms with Crippen molar-refractivity contribution in [1.82, 2.24) is 4.90 Å². The van der Waals surface area contributed by atoms with Gasteiger partial charge in [-0.25, -0.2) is 0 Å². The van der Waals surface area contributed by atoms with Gasteiger partial charge in [-0.05, 0) is 32.1 Å². The number of nitrogens with zero attached hydrogens (tertiary/aromatic N) is 1. The van der Waals surface area contributed by atoms with Crippen LogP contribution in [0.5, 0.6) is 0 Å². The fourth-order valence-electron chi connectivity index (χ4n) is 2.78. The third-order valence-corrected chi connectivity index (χ3v) is 4.08. The molecule has 4 unspecified atom stereocenters. The molecule has 3 nitrogen and oxygen atoms in total. The summed E-state index contributed by atoms with van der Waals surface area (Å²) >= 11 is 0. The van der Waals surface area contributed by atoms with Crippen LogP contribution in [0.4, 0.5) is 0 Å². The Morgan fingerprint density at radius 1 is 1.40 bits per heavy atom. The van der Waals surface area contributed by atoms with E-state index in [-0.39, 0.29) is 0 Å². The molecule has 2 heterocycles. The standard InChI is InChI=1S/C12H24N2O/c1-9-8-14(6-5-11(9)13)10(2)12-4-3-7-15-12/h9-12H,3-8,13H2,1-2H3. The highest BCUT2D eigenvalue weighted by Gasteiger charge is 2.31. The zero-order chi connectivity index (χ0) is 10.8. The summed E-state index contributed by atoms with van der Waals surface area (Å²) in [6.45, 7) is 7.81. The molecular weight excluding hydrogens is 188 g/mol. The van der Waals surface area contributed by atoms with Gasteiger partial charge in [-0.2, -0.15) is 0 Å². The molecule has 88 valence electrons. The van der Waals surface area contributed by atoms with E-state index >= 15 is 0 Å². The van der Waals surface area contributed by atoms with Crippen LogP contribution in [0, 0.1) is 5.92 Å². The molecule has 2 N–H and O–H groups in total. The quantitative estimate of drug-likeness (QED) is 0.748. The predicted molar refractivity (Wildman–Crippen MR) is 61.8 cm³/mol. The van der Waals surface area contributed by atoms with Crippen molar-refractivity contribution in [1.29, 1.82) is 0 Å². The first kappa shape index (κ1) is 11.4. The first-order valence-electron chi connectivity index (χ1n) is 6.29. The van der Waals surface area contributed by atoms with Crippen LogP contribution >= 0.6 is 0 Å². The number of hydrogen-bond acceptors (Lipinski definition) is 3. The van der Waals surface area contributed by atoms with Gasteiger partial charge in [-0.3, -0.25) is 4.90 Å². The van der Waals surface area contributed by atoms with Crippen molar-refractivity contribution in [3.05, 3.63) is 0 Å². The molecule has 0 aromatic heterocycles. The van der Waals surface area contributed by atoms with E-state index in [0.29, 0.717) is 24.1 Å². The average Bonchev–Trinajstić information content (AvgIpc) is 2.74. The van der Waals surface area contributed by atoms with Crippen molar-refractivity contribution in [2.24, 2.45) is 11.7 Å². The van der Waals surface area contributed by atoms with E-state index in [0.717, 1.165) is 26.1 Å². The van der Waals surface area contributed by atoms with Crippen molar-refractivity contribution in [3.8, 4) is 0 Å². The molecule has 2 saturated heterocycles. The molecule has 15 heavy (non-hydrogen) atoms. The van der Waals surface area contributed by atoms with Crippen LogP contribution in [0.1, 0.15) is 33.1 Å². The van der Waals surface area contributed by atoms with E-state index in [4.69, 9.17) is 10.5 Å². The number of likely N-dealkylation sites (tertiary alicyclic amines) is 1. The molecule has 0 aromatic rings. The number of rotatable bonds is 2. The maximum atomic E-state index is 6.04. The second-order valence-corrected chi connectivity index (χ2v) is 5.22. The molecule has 0 aliphatic carbocycles. The maximum absolute atomic E-state index is 6.04. The molecule has 2 fully saturated rings. The van der Waals surface area contributed by atoms with Gasteiger partial charge in [-0.1, -0.05) is 6.92 Å². The third kappa shape index (κ3) is 2.52. The molecule has 0 bridgehead atoms. The molecule has 0 radical (unpaired) electrons. The van der Waals surface area contributed by atoms with Crippen molar-refractivity contribution in [2.45, 2.75) is 51.3 Å². The minimum absolute atomic E-state index is 0.401. The van der Waals surface area contributed by atoms with E-state index in [2.05, 4.69) is 18.7 Å². The minimum Gasteiger partial charge on any atom is -0.377 e. The van der Waals surface area contributed by atoms with Gasteiger partial charge in [-0.15, -0.1) is 0 Å². The summed E-state index contributed by atoms with van der Waals surface area (Å²) in [5.74, 6) is 0.627. The van der Waals surface area contributed by atoms with Gasteiger partial charge < -0.3 is 10.5 Å². The predicted octanol–water partition coefficient (Wildman–Crippen LogP) is 1.22. The average molecular weight is 212 g/mol. The summed E-state index contributed by atoms with van der Waals surface area (Å²) in [6, 6.07) is 0.973. The Hall–Kier alpha value is -0.120. The SMILES string of the molecule is CC1CN(C(C)C2CCCO2)CCC1N. The Morgan fingerprint density at radius 3 is 2.80 bits per heavy atom. The molecule has 0 aromatic carbocycles. The number of ether oxygens (including phenoxy) is 1. The Kier molecular flexibility index (Phi) is 3.65. The Balaban J connectivity index is 1.87. The van der Waals surface area contributed by atoms with Crippen LogP contribution in [0.2, 0.25) is 0 Å². The maximum Gasteiger partial charge on any atom is 0.0728 e. The van der Waals surface area contributed by atoms with Crippen LogP contribution in [0.3, 0.4) is 0 Å². The monoisotopic (exact) mass is 212 g/mol. The molecular formula is C12H24N2O. The first-order chi connectivity index (χ1) is 7.18. The van der Waals surface area contributed by atoms with Gasteiger partial charge in [0.2, 0.25) is 0 Å². The Labute approximate surface area is 93.0 Å². The highest BCUT2D eigenvalue weighted by Crippen LogP contribution is 2.23. The van der Waals surface area contributed by atoms with Gasteiger partial charge in [0.1, 0.15) is 0 Å². The summed E-state index contributed by atoms with van der Waals surface area (Å²) in [7, 11) is 0. The summed E-state index contributed by atoms with van der Waals surface area (Å²) in [5, 5.41) is 0. The van der Waals surface area contributed by atoms with Gasteiger partial charge in [0.05, 0.1) is 6.10 Å². The normalized spacial score (nSPS) is 40.6. The number of nitrogens with two attached hydrogens (primary N) is 1. The zero-order valence-electron chi connectivity index (χ0n) is 9.98. The molecule has 0 spiro atoms. The lowest BCUT2D eigenvalue weighted by Gasteiger charge is -2.40. The second kappa shape index (κ2) is 4.81. The second-order valence-electron chi connectivity index (χ2n) is 5.22. The van der Waals surface area contributed by atoms with Crippen LogP contribution < -0.4 is 5.73 Å². The van der Waals surface area contributed by atoms with Crippen LogP contribution in [-0.4, -0.2) is 42.8 Å². The van der Waals surface area contributed by atoms with E-state index in [1.165, 1.54) is 12.8 Å². The van der Waals surface area contributed by atoms with Gasteiger partial charge in [0, 0.05) is 31.8 Å². The molecule has 3 heteroatoms. The van der Waals surface area contributed by atoms with Gasteiger partial charge in [0.25, 0.3) is 0 Å². The summed E-state index contributed by atoms with van der Waals surface area (Å²) < 4.78 is 5.76. The van der Waals surface area contributed by atoms with Gasteiger partial charge >= 0.3 is 0 Å². The molecule has 4 atom stereocenters. The zero-order valence-corrected chi connectivity index (χ0v) is 9.98. The number of piperidine rings is 1. The van der Waals surface area contributed by atoms with Crippen LogP contribution in [-0.2, 0) is 4.74 Å². The van der Waals surface area contributed by atoms with Crippen molar-refractivity contribution in [3.63, 3.8) is 0 Å². The molecule has 2 aliphatic heterocycles. The summed E-state index contributed by atoms with van der Waals surface area (Å²) in [5.41, 5.74) is 6.04.